The number of anilines is 1. The van der Waals surface area contributed by atoms with E-state index >= 15 is 0 Å². The van der Waals surface area contributed by atoms with Gasteiger partial charge in [-0.15, -0.1) is 0 Å². The number of nitrogens with one attached hydrogen (secondary N) is 1. The third kappa shape index (κ3) is 5.23. The zero-order chi connectivity index (χ0) is 12.9. The molecule has 0 spiro atoms. The van der Waals surface area contributed by atoms with E-state index in [1.165, 1.54) is 12.4 Å². The molecule has 3 N–H and O–H groups in total. The highest BCUT2D eigenvalue weighted by Crippen LogP contribution is 2.08. The number of carbonyl (C=O) groups is 1. The van der Waals surface area contributed by atoms with Gasteiger partial charge in [0.2, 0.25) is 5.95 Å². The fraction of sp³-hybridized carbons (Fsp3) is 0.500. The zero-order valence-electron chi connectivity index (χ0n) is 10.1. The number of amides is 1. The molecule has 0 unspecified atom stereocenters. The normalized spacial score (nSPS) is 11.1. The van der Waals surface area contributed by atoms with Gasteiger partial charge < -0.3 is 4.74 Å². The molecular formula is C10H16N4O3. The summed E-state index contributed by atoms with van der Waals surface area (Å²) >= 11 is 0. The molecule has 17 heavy (non-hydrogen) atoms. The lowest BCUT2D eigenvalue weighted by atomic mass is 10.2. The molecule has 0 saturated heterocycles. The summed E-state index contributed by atoms with van der Waals surface area (Å²) in [6.07, 6.45) is 2.42. The average molecular weight is 240 g/mol. The topological polar surface area (TPSA) is 99.4 Å². The molecule has 0 radical (unpaired) electrons. The summed E-state index contributed by atoms with van der Waals surface area (Å²) in [6.45, 7) is 5.53. The summed E-state index contributed by atoms with van der Waals surface area (Å²) in [7, 11) is 0. The van der Waals surface area contributed by atoms with E-state index in [2.05, 4.69) is 20.1 Å². The van der Waals surface area contributed by atoms with Gasteiger partial charge >= 0.3 is 6.09 Å². The maximum absolute atomic E-state index is 11.4. The fourth-order valence-electron chi connectivity index (χ4n) is 0.985. The Morgan fingerprint density at radius 1 is 1.41 bits per heavy atom. The number of carbonyl (C=O) groups excluding carboxylic acids is 1. The Bertz CT molecular complexity index is 372. The molecule has 1 aromatic heterocycles. The van der Waals surface area contributed by atoms with Gasteiger partial charge in [-0.3, -0.25) is 10.2 Å². The number of ether oxygens (including phenoxy) is 1. The molecule has 1 heterocycles. The van der Waals surface area contributed by atoms with Crippen LogP contribution < -0.4 is 11.2 Å². The second kappa shape index (κ2) is 5.55. The van der Waals surface area contributed by atoms with E-state index < -0.39 is 11.7 Å². The molecule has 1 rings (SSSR count). The quantitative estimate of drug-likeness (QED) is 0.770. The molecule has 0 aromatic carbocycles. The molecule has 0 bridgehead atoms. The van der Waals surface area contributed by atoms with Gasteiger partial charge in [0, 0.05) is 18.0 Å². The van der Waals surface area contributed by atoms with Crippen molar-refractivity contribution in [2.45, 2.75) is 33.0 Å². The zero-order valence-corrected chi connectivity index (χ0v) is 10.1. The lowest BCUT2D eigenvalue weighted by Gasteiger charge is -2.19. The summed E-state index contributed by atoms with van der Waals surface area (Å²) in [6, 6.07) is 0. The van der Waals surface area contributed by atoms with Crippen LogP contribution in [0.1, 0.15) is 26.3 Å². The van der Waals surface area contributed by atoms with Gasteiger partial charge in [-0.05, 0) is 20.8 Å². The van der Waals surface area contributed by atoms with Gasteiger partial charge in [0.15, 0.2) is 0 Å². The van der Waals surface area contributed by atoms with Crippen LogP contribution in [0.15, 0.2) is 12.4 Å². The van der Waals surface area contributed by atoms with Crippen molar-refractivity contribution in [2.75, 3.05) is 5.32 Å². The van der Waals surface area contributed by atoms with E-state index in [0.717, 1.165) is 0 Å². The Morgan fingerprint density at radius 2 is 2.00 bits per heavy atom. The number of nitrogens with zero attached hydrogens (tertiary/aromatic N) is 2. The van der Waals surface area contributed by atoms with E-state index in [0.29, 0.717) is 5.56 Å². The molecule has 94 valence electrons. The van der Waals surface area contributed by atoms with Crippen LogP contribution in [0.2, 0.25) is 0 Å². The number of rotatable bonds is 3. The highest BCUT2D eigenvalue weighted by molar-refractivity contribution is 5.82. The lowest BCUT2D eigenvalue weighted by molar-refractivity contribution is 0.0634. The van der Waals surface area contributed by atoms with E-state index in [1.54, 1.807) is 20.8 Å². The first-order chi connectivity index (χ1) is 7.90. The van der Waals surface area contributed by atoms with Crippen LogP contribution >= 0.6 is 0 Å². The van der Waals surface area contributed by atoms with E-state index in [9.17, 15) is 4.79 Å². The summed E-state index contributed by atoms with van der Waals surface area (Å²) in [5, 5.41) is 2.41. The lowest BCUT2D eigenvalue weighted by Crippen LogP contribution is -2.27. The molecule has 0 aliphatic rings. The van der Waals surface area contributed by atoms with Crippen molar-refractivity contribution in [3.8, 4) is 0 Å². The third-order valence-electron chi connectivity index (χ3n) is 1.57. The van der Waals surface area contributed by atoms with Gasteiger partial charge in [0.05, 0.1) is 6.61 Å². The summed E-state index contributed by atoms with van der Waals surface area (Å²) in [5.74, 6) is 5.07. The van der Waals surface area contributed by atoms with Crippen molar-refractivity contribution < 1.29 is 14.4 Å². The number of hydrogen-bond acceptors (Lipinski definition) is 6. The Hall–Kier alpha value is -1.73. The minimum atomic E-state index is -0.597. The van der Waals surface area contributed by atoms with Crippen molar-refractivity contribution in [3.63, 3.8) is 0 Å². The smallest absolute Gasteiger partial charge is 0.414 e. The van der Waals surface area contributed by atoms with E-state index in [4.69, 9.17) is 10.6 Å². The highest BCUT2D eigenvalue weighted by Gasteiger charge is 2.16. The maximum atomic E-state index is 11.4. The Balaban J connectivity index is 2.54. The molecule has 7 heteroatoms. The molecule has 0 aliphatic heterocycles. The predicted octanol–water partition coefficient (Wildman–Crippen LogP) is 1.21. The Morgan fingerprint density at radius 3 is 2.47 bits per heavy atom. The predicted molar refractivity (Wildman–Crippen MR) is 60.9 cm³/mol. The SMILES string of the molecule is CC(C)(C)OC(=O)Nc1ncc(CON)cn1. The summed E-state index contributed by atoms with van der Waals surface area (Å²) in [5.41, 5.74) is 0.152. The molecule has 0 atom stereocenters. The van der Waals surface area contributed by atoms with Gasteiger partial charge in [0.25, 0.3) is 0 Å². The van der Waals surface area contributed by atoms with E-state index in [1.807, 2.05) is 0 Å². The monoisotopic (exact) mass is 240 g/mol. The molecule has 1 amide bonds. The second-order valence-electron chi connectivity index (χ2n) is 4.35. The molecule has 7 nitrogen and oxygen atoms in total. The minimum absolute atomic E-state index is 0.167. The van der Waals surface area contributed by atoms with Crippen molar-refractivity contribution in [1.82, 2.24) is 9.97 Å². The van der Waals surface area contributed by atoms with Crippen molar-refractivity contribution in [3.05, 3.63) is 18.0 Å². The van der Waals surface area contributed by atoms with Crippen molar-refractivity contribution in [1.29, 1.82) is 0 Å². The third-order valence-corrected chi connectivity index (χ3v) is 1.57. The van der Waals surface area contributed by atoms with E-state index in [-0.39, 0.29) is 12.6 Å². The first-order valence-corrected chi connectivity index (χ1v) is 5.03. The first-order valence-electron chi connectivity index (χ1n) is 5.03. The number of hydrogen-bond donors (Lipinski definition) is 2. The standard InChI is InChI=1S/C10H16N4O3/c1-10(2,3)17-9(15)14-8-12-4-7(5-13-8)6-16-11/h4-5H,6,11H2,1-3H3,(H,12,13,14,15). The molecule has 0 aliphatic carbocycles. The number of nitrogens with two attached hydrogens (primary N) is 1. The number of aromatic nitrogens is 2. The summed E-state index contributed by atoms with van der Waals surface area (Å²) < 4.78 is 5.04. The minimum Gasteiger partial charge on any atom is -0.444 e. The van der Waals surface area contributed by atoms with Crippen LogP contribution in [0, 0.1) is 0 Å². The van der Waals surface area contributed by atoms with Gasteiger partial charge in [-0.25, -0.2) is 20.7 Å². The van der Waals surface area contributed by atoms with Gasteiger partial charge in [-0.2, -0.15) is 0 Å². The van der Waals surface area contributed by atoms with Crippen LogP contribution in [0.5, 0.6) is 0 Å². The van der Waals surface area contributed by atoms with Crippen molar-refractivity contribution >= 4 is 12.0 Å². The van der Waals surface area contributed by atoms with Crippen molar-refractivity contribution in [2.24, 2.45) is 5.90 Å². The van der Waals surface area contributed by atoms with Crippen LogP contribution in [-0.4, -0.2) is 21.7 Å². The molecule has 0 saturated carbocycles. The fourth-order valence-corrected chi connectivity index (χ4v) is 0.985. The summed E-state index contributed by atoms with van der Waals surface area (Å²) in [4.78, 5) is 23.6. The maximum Gasteiger partial charge on any atom is 0.414 e. The second-order valence-corrected chi connectivity index (χ2v) is 4.35. The van der Waals surface area contributed by atoms with Crippen LogP contribution in [0.3, 0.4) is 0 Å². The largest absolute Gasteiger partial charge is 0.444 e. The van der Waals surface area contributed by atoms with Gasteiger partial charge in [0.1, 0.15) is 5.60 Å². The van der Waals surface area contributed by atoms with Gasteiger partial charge in [-0.1, -0.05) is 0 Å². The first kappa shape index (κ1) is 13.3. The molecule has 1 aromatic rings. The Kier molecular flexibility index (Phi) is 4.36. The molecular weight excluding hydrogens is 224 g/mol. The average Bonchev–Trinajstić information content (AvgIpc) is 2.18. The Labute approximate surface area is 99.3 Å². The molecule has 0 fully saturated rings. The van der Waals surface area contributed by atoms with Crippen LogP contribution in [-0.2, 0) is 16.2 Å². The van der Waals surface area contributed by atoms with Crippen LogP contribution in [0.25, 0.3) is 0 Å². The van der Waals surface area contributed by atoms with Crippen LogP contribution in [0.4, 0.5) is 10.7 Å². The highest BCUT2D eigenvalue weighted by atomic mass is 16.6.